The minimum Gasteiger partial charge on any atom is -0.490 e. The zero-order chi connectivity index (χ0) is 11.5. The van der Waals surface area contributed by atoms with Crippen LogP contribution in [0.1, 0.15) is 12.8 Å². The molecule has 3 nitrogen and oxygen atoms in total. The van der Waals surface area contributed by atoms with E-state index in [-0.39, 0.29) is 0 Å². The molecule has 2 heterocycles. The quantitative estimate of drug-likeness (QED) is 0.856. The Morgan fingerprint density at radius 3 is 2.94 bits per heavy atom. The molecule has 0 aliphatic carbocycles. The van der Waals surface area contributed by atoms with Crippen LogP contribution in [0.5, 0.6) is 5.75 Å². The van der Waals surface area contributed by atoms with E-state index < -0.39 is 0 Å². The van der Waals surface area contributed by atoms with Crippen LogP contribution < -0.4 is 10.1 Å². The number of piperidine rings is 1. The first-order valence-corrected chi connectivity index (χ1v) is 6.14. The first kappa shape index (κ1) is 10.5. The molecular weight excluding hydrogens is 212 g/mol. The van der Waals surface area contributed by atoms with Crippen molar-refractivity contribution in [2.75, 3.05) is 13.1 Å². The topological polar surface area (TPSA) is 34.1 Å². The second kappa shape index (κ2) is 4.72. The van der Waals surface area contributed by atoms with E-state index in [1.807, 2.05) is 24.4 Å². The number of hydrogen-bond donors (Lipinski definition) is 1. The van der Waals surface area contributed by atoms with Gasteiger partial charge >= 0.3 is 0 Å². The van der Waals surface area contributed by atoms with Crippen molar-refractivity contribution >= 4 is 10.9 Å². The fourth-order valence-electron chi connectivity index (χ4n) is 2.23. The molecule has 3 heteroatoms. The zero-order valence-corrected chi connectivity index (χ0v) is 9.73. The molecule has 1 saturated heterocycles. The van der Waals surface area contributed by atoms with Gasteiger partial charge in [-0.15, -0.1) is 0 Å². The fourth-order valence-corrected chi connectivity index (χ4v) is 2.23. The predicted molar refractivity (Wildman–Crippen MR) is 68.3 cm³/mol. The standard InChI is InChI=1S/C14H16N2O/c1-2-11-3-4-13(10-14(11)16-7-1)17-12-5-8-15-9-6-12/h1-4,7,10,12,15H,5-6,8-9H2. The van der Waals surface area contributed by atoms with E-state index in [0.29, 0.717) is 6.10 Å². The van der Waals surface area contributed by atoms with Crippen molar-refractivity contribution in [2.24, 2.45) is 0 Å². The van der Waals surface area contributed by atoms with Crippen molar-refractivity contribution in [3.8, 4) is 5.75 Å². The Hall–Kier alpha value is -1.61. The minimum atomic E-state index is 0.345. The van der Waals surface area contributed by atoms with Gasteiger partial charge in [0.2, 0.25) is 0 Å². The van der Waals surface area contributed by atoms with Crippen LogP contribution in [0, 0.1) is 0 Å². The highest BCUT2D eigenvalue weighted by Crippen LogP contribution is 2.21. The molecule has 88 valence electrons. The van der Waals surface area contributed by atoms with E-state index in [0.717, 1.165) is 42.6 Å². The molecule has 0 bridgehead atoms. The summed E-state index contributed by atoms with van der Waals surface area (Å²) in [6.45, 7) is 2.10. The van der Waals surface area contributed by atoms with Gasteiger partial charge in [0, 0.05) is 17.6 Å². The summed E-state index contributed by atoms with van der Waals surface area (Å²) in [5.74, 6) is 0.933. The van der Waals surface area contributed by atoms with Gasteiger partial charge in [0.05, 0.1) is 5.52 Å². The van der Waals surface area contributed by atoms with Crippen LogP contribution in [0.15, 0.2) is 36.5 Å². The first-order chi connectivity index (χ1) is 8.42. The molecule has 0 spiro atoms. The third kappa shape index (κ3) is 2.39. The number of pyridine rings is 1. The van der Waals surface area contributed by atoms with Crippen molar-refractivity contribution in [3.63, 3.8) is 0 Å². The summed E-state index contributed by atoms with van der Waals surface area (Å²) in [7, 11) is 0. The molecule has 1 N–H and O–H groups in total. The Morgan fingerprint density at radius 1 is 1.18 bits per heavy atom. The van der Waals surface area contributed by atoms with Crippen LogP contribution >= 0.6 is 0 Å². The van der Waals surface area contributed by atoms with Gasteiger partial charge in [-0.1, -0.05) is 6.07 Å². The van der Waals surface area contributed by atoms with E-state index in [4.69, 9.17) is 4.74 Å². The Morgan fingerprint density at radius 2 is 2.06 bits per heavy atom. The summed E-state index contributed by atoms with van der Waals surface area (Å²) in [4.78, 5) is 4.34. The molecule has 0 amide bonds. The zero-order valence-electron chi connectivity index (χ0n) is 9.73. The molecule has 1 fully saturated rings. The number of nitrogens with one attached hydrogen (secondary N) is 1. The number of benzene rings is 1. The molecular formula is C14H16N2O. The van der Waals surface area contributed by atoms with Crippen LogP contribution in [0.4, 0.5) is 0 Å². The van der Waals surface area contributed by atoms with E-state index in [9.17, 15) is 0 Å². The summed E-state index contributed by atoms with van der Waals surface area (Å²) in [6.07, 6.45) is 4.33. The van der Waals surface area contributed by atoms with Crippen molar-refractivity contribution in [2.45, 2.75) is 18.9 Å². The third-order valence-corrected chi connectivity index (χ3v) is 3.17. The summed E-state index contributed by atoms with van der Waals surface area (Å²) < 4.78 is 5.98. The summed E-state index contributed by atoms with van der Waals surface area (Å²) in [5.41, 5.74) is 0.999. The van der Waals surface area contributed by atoms with Crippen LogP contribution in [0.25, 0.3) is 10.9 Å². The lowest BCUT2D eigenvalue weighted by Gasteiger charge is -2.23. The van der Waals surface area contributed by atoms with Gasteiger partial charge in [-0.3, -0.25) is 4.98 Å². The molecule has 0 saturated carbocycles. The molecule has 2 aromatic rings. The van der Waals surface area contributed by atoms with Crippen molar-refractivity contribution < 1.29 is 4.74 Å². The molecule has 1 aliphatic heterocycles. The lowest BCUT2D eigenvalue weighted by molar-refractivity contribution is 0.162. The van der Waals surface area contributed by atoms with Gasteiger partial charge < -0.3 is 10.1 Å². The predicted octanol–water partition coefficient (Wildman–Crippen LogP) is 2.37. The number of rotatable bonds is 2. The van der Waals surface area contributed by atoms with Gasteiger partial charge in [-0.2, -0.15) is 0 Å². The number of fused-ring (bicyclic) bond motifs is 1. The second-order valence-corrected chi connectivity index (χ2v) is 4.43. The second-order valence-electron chi connectivity index (χ2n) is 4.43. The third-order valence-electron chi connectivity index (χ3n) is 3.17. The lowest BCUT2D eigenvalue weighted by atomic mass is 10.1. The van der Waals surface area contributed by atoms with Crippen molar-refractivity contribution in [1.82, 2.24) is 10.3 Å². The van der Waals surface area contributed by atoms with Gasteiger partial charge in [0.25, 0.3) is 0 Å². The molecule has 0 unspecified atom stereocenters. The highest BCUT2D eigenvalue weighted by Gasteiger charge is 2.14. The molecule has 17 heavy (non-hydrogen) atoms. The number of hydrogen-bond acceptors (Lipinski definition) is 3. The Labute approximate surface area is 101 Å². The van der Waals surface area contributed by atoms with Crippen LogP contribution in [-0.2, 0) is 0 Å². The smallest absolute Gasteiger partial charge is 0.121 e. The van der Waals surface area contributed by atoms with Crippen molar-refractivity contribution in [1.29, 1.82) is 0 Å². The van der Waals surface area contributed by atoms with Crippen LogP contribution in [-0.4, -0.2) is 24.2 Å². The Kier molecular flexibility index (Phi) is 2.92. The Balaban J connectivity index is 1.80. The van der Waals surface area contributed by atoms with E-state index in [2.05, 4.69) is 22.4 Å². The Bertz CT molecular complexity index is 506. The van der Waals surface area contributed by atoms with E-state index in [1.165, 1.54) is 0 Å². The molecule has 1 aliphatic rings. The fraction of sp³-hybridized carbons (Fsp3) is 0.357. The molecule has 0 atom stereocenters. The molecule has 3 rings (SSSR count). The number of aromatic nitrogens is 1. The highest BCUT2D eigenvalue weighted by molar-refractivity contribution is 5.79. The van der Waals surface area contributed by atoms with Gasteiger partial charge in [0.15, 0.2) is 0 Å². The molecule has 1 aromatic heterocycles. The number of nitrogens with zero attached hydrogens (tertiary/aromatic N) is 1. The minimum absolute atomic E-state index is 0.345. The van der Waals surface area contributed by atoms with Crippen LogP contribution in [0.3, 0.4) is 0 Å². The number of ether oxygens (including phenoxy) is 1. The molecule has 0 radical (unpaired) electrons. The maximum atomic E-state index is 5.98. The summed E-state index contributed by atoms with van der Waals surface area (Å²) in [5, 5.41) is 4.50. The van der Waals surface area contributed by atoms with E-state index in [1.54, 1.807) is 0 Å². The van der Waals surface area contributed by atoms with Crippen LogP contribution in [0.2, 0.25) is 0 Å². The SMILES string of the molecule is c1cnc2cc(OC3CCNCC3)ccc2c1. The lowest BCUT2D eigenvalue weighted by Crippen LogP contribution is -2.34. The van der Waals surface area contributed by atoms with Gasteiger partial charge in [0.1, 0.15) is 11.9 Å². The van der Waals surface area contributed by atoms with Gasteiger partial charge in [-0.05, 0) is 44.1 Å². The monoisotopic (exact) mass is 228 g/mol. The van der Waals surface area contributed by atoms with Gasteiger partial charge in [-0.25, -0.2) is 0 Å². The van der Waals surface area contributed by atoms with E-state index >= 15 is 0 Å². The maximum Gasteiger partial charge on any atom is 0.121 e. The largest absolute Gasteiger partial charge is 0.490 e. The summed E-state index contributed by atoms with van der Waals surface area (Å²) >= 11 is 0. The summed E-state index contributed by atoms with van der Waals surface area (Å²) in [6, 6.07) is 10.1. The molecule has 1 aromatic carbocycles. The average Bonchev–Trinajstić information content (AvgIpc) is 2.40. The first-order valence-electron chi connectivity index (χ1n) is 6.14. The maximum absolute atomic E-state index is 5.98. The highest BCUT2D eigenvalue weighted by atomic mass is 16.5. The normalized spacial score (nSPS) is 17.2. The average molecular weight is 228 g/mol. The van der Waals surface area contributed by atoms with Crippen molar-refractivity contribution in [3.05, 3.63) is 36.5 Å².